The minimum absolute atomic E-state index is 0.0651. The number of aryl methyl sites for hydroxylation is 2. The third kappa shape index (κ3) is 4.01. The van der Waals surface area contributed by atoms with Crippen LogP contribution in [0.5, 0.6) is 0 Å². The third-order valence-corrected chi connectivity index (χ3v) is 5.71. The monoisotopic (exact) mass is 432 g/mol. The molecule has 3 heterocycles. The Balaban J connectivity index is 1.58. The molecule has 1 amide bonds. The number of nitrogens with one attached hydrogen (secondary N) is 2. The van der Waals surface area contributed by atoms with E-state index in [4.69, 9.17) is 0 Å². The van der Waals surface area contributed by atoms with Gasteiger partial charge in [0.1, 0.15) is 5.82 Å². The predicted molar refractivity (Wildman–Crippen MR) is 109 cm³/mol. The van der Waals surface area contributed by atoms with Crippen molar-refractivity contribution in [3.8, 4) is 0 Å². The van der Waals surface area contributed by atoms with E-state index < -0.39 is 24.2 Å². The van der Waals surface area contributed by atoms with E-state index in [2.05, 4.69) is 20.8 Å². The Morgan fingerprint density at radius 1 is 1.23 bits per heavy atom. The average molecular weight is 432 g/mol. The molecule has 0 radical (unpaired) electrons. The van der Waals surface area contributed by atoms with Crippen LogP contribution in [0.15, 0.2) is 36.4 Å². The van der Waals surface area contributed by atoms with Gasteiger partial charge in [-0.15, -0.1) is 0 Å². The normalized spacial score (nSPS) is 18.4. The number of carbonyl (C=O) groups is 1. The number of alkyl halides is 3. The number of benzene rings is 1. The van der Waals surface area contributed by atoms with Crippen molar-refractivity contribution in [2.45, 2.75) is 45.1 Å². The van der Waals surface area contributed by atoms with Crippen LogP contribution in [0, 0.1) is 13.8 Å². The second-order valence-corrected chi connectivity index (χ2v) is 7.72. The van der Waals surface area contributed by atoms with Crippen LogP contribution in [0.1, 0.15) is 51.5 Å². The standard InChI is InChI=1S/C21H23F3N6O/c1-12-15(13(2)29(3)27-12)11-25-20(31)17-10-19-26-16(14-7-5-4-6-8-14)9-18(21(22,23)24)30(19)28-17/h4-8,10,16,18,26H,9,11H2,1-3H3,(H,25,31)/t16-,18-/m1/s1. The van der Waals surface area contributed by atoms with E-state index in [1.807, 2.05) is 27.0 Å². The Morgan fingerprint density at radius 2 is 1.94 bits per heavy atom. The molecule has 2 N–H and O–H groups in total. The maximum Gasteiger partial charge on any atom is 0.410 e. The molecule has 1 aliphatic rings. The molecule has 0 fully saturated rings. The Labute approximate surface area is 177 Å². The van der Waals surface area contributed by atoms with Crippen LogP contribution in [0.2, 0.25) is 0 Å². The van der Waals surface area contributed by atoms with Crippen molar-refractivity contribution in [1.29, 1.82) is 0 Å². The van der Waals surface area contributed by atoms with Gasteiger partial charge in [0.15, 0.2) is 11.7 Å². The highest BCUT2D eigenvalue weighted by Gasteiger charge is 2.46. The lowest BCUT2D eigenvalue weighted by molar-refractivity contribution is -0.173. The van der Waals surface area contributed by atoms with Gasteiger partial charge in [-0.2, -0.15) is 23.4 Å². The average Bonchev–Trinajstić information content (AvgIpc) is 3.26. The zero-order valence-corrected chi connectivity index (χ0v) is 17.4. The maximum atomic E-state index is 13.8. The molecule has 10 heteroatoms. The number of halogens is 3. The van der Waals surface area contributed by atoms with Gasteiger partial charge in [0.05, 0.1) is 11.7 Å². The molecule has 1 aliphatic heterocycles. The number of anilines is 1. The molecule has 2 atom stereocenters. The van der Waals surface area contributed by atoms with Crippen LogP contribution < -0.4 is 10.6 Å². The molecule has 0 unspecified atom stereocenters. The summed E-state index contributed by atoms with van der Waals surface area (Å²) in [4.78, 5) is 12.6. The van der Waals surface area contributed by atoms with Crippen molar-refractivity contribution in [3.63, 3.8) is 0 Å². The van der Waals surface area contributed by atoms with Gasteiger partial charge in [0, 0.05) is 37.3 Å². The number of hydrogen-bond donors (Lipinski definition) is 2. The highest BCUT2D eigenvalue weighted by molar-refractivity contribution is 5.93. The van der Waals surface area contributed by atoms with E-state index in [0.717, 1.165) is 27.2 Å². The number of hydrogen-bond acceptors (Lipinski definition) is 4. The topological polar surface area (TPSA) is 76.8 Å². The zero-order valence-electron chi connectivity index (χ0n) is 17.4. The fourth-order valence-corrected chi connectivity index (χ4v) is 3.92. The van der Waals surface area contributed by atoms with Crippen molar-refractivity contribution >= 4 is 11.7 Å². The van der Waals surface area contributed by atoms with Crippen LogP contribution in [-0.4, -0.2) is 31.6 Å². The van der Waals surface area contributed by atoms with Crippen molar-refractivity contribution < 1.29 is 18.0 Å². The fourth-order valence-electron chi connectivity index (χ4n) is 3.92. The Morgan fingerprint density at radius 3 is 2.55 bits per heavy atom. The summed E-state index contributed by atoms with van der Waals surface area (Å²) < 4.78 is 43.9. The van der Waals surface area contributed by atoms with E-state index >= 15 is 0 Å². The first-order valence-corrected chi connectivity index (χ1v) is 9.90. The minimum atomic E-state index is -4.49. The van der Waals surface area contributed by atoms with E-state index in [0.29, 0.717) is 0 Å². The fraction of sp³-hybridized carbons (Fsp3) is 0.381. The van der Waals surface area contributed by atoms with Gasteiger partial charge in [-0.3, -0.25) is 9.48 Å². The molecule has 4 rings (SSSR count). The van der Waals surface area contributed by atoms with Crippen molar-refractivity contribution in [2.75, 3.05) is 5.32 Å². The smallest absolute Gasteiger partial charge is 0.363 e. The number of amides is 1. The molecule has 0 aliphatic carbocycles. The maximum absolute atomic E-state index is 13.8. The third-order valence-electron chi connectivity index (χ3n) is 5.71. The molecule has 0 bridgehead atoms. The van der Waals surface area contributed by atoms with Gasteiger partial charge in [0.25, 0.3) is 5.91 Å². The molecule has 0 spiro atoms. The molecule has 3 aromatic rings. The van der Waals surface area contributed by atoms with Crippen LogP contribution in [0.4, 0.5) is 19.0 Å². The lowest BCUT2D eigenvalue weighted by Gasteiger charge is -2.33. The van der Waals surface area contributed by atoms with Crippen molar-refractivity contribution in [2.24, 2.45) is 7.05 Å². The zero-order chi connectivity index (χ0) is 22.3. The van der Waals surface area contributed by atoms with Gasteiger partial charge in [-0.1, -0.05) is 30.3 Å². The van der Waals surface area contributed by atoms with Crippen LogP contribution in [0.3, 0.4) is 0 Å². The van der Waals surface area contributed by atoms with E-state index in [-0.39, 0.29) is 24.5 Å². The van der Waals surface area contributed by atoms with E-state index in [1.165, 1.54) is 6.07 Å². The molecule has 2 aromatic heterocycles. The Bertz CT molecular complexity index is 1100. The minimum Gasteiger partial charge on any atom is -0.363 e. The van der Waals surface area contributed by atoms with Gasteiger partial charge in [-0.25, -0.2) is 4.68 Å². The summed E-state index contributed by atoms with van der Waals surface area (Å²) >= 11 is 0. The van der Waals surface area contributed by atoms with Gasteiger partial charge >= 0.3 is 6.18 Å². The SMILES string of the molecule is Cc1nn(C)c(C)c1CNC(=O)c1cc2n(n1)[C@@H](C(F)(F)F)C[C@H](c1ccccc1)N2. The first-order chi connectivity index (χ1) is 14.6. The molecule has 1 aromatic carbocycles. The van der Waals surface area contributed by atoms with Gasteiger partial charge in [-0.05, 0) is 19.4 Å². The lowest BCUT2D eigenvalue weighted by atomic mass is 9.97. The second kappa shape index (κ2) is 7.75. The van der Waals surface area contributed by atoms with Crippen LogP contribution in [-0.2, 0) is 13.6 Å². The predicted octanol–water partition coefficient (Wildman–Crippen LogP) is 3.82. The quantitative estimate of drug-likeness (QED) is 0.657. The molecule has 0 saturated heterocycles. The van der Waals surface area contributed by atoms with Crippen LogP contribution >= 0.6 is 0 Å². The number of rotatable bonds is 4. The first-order valence-electron chi connectivity index (χ1n) is 9.90. The summed E-state index contributed by atoms with van der Waals surface area (Å²) in [5, 5.41) is 14.1. The molecular formula is C21H23F3N6O. The van der Waals surface area contributed by atoms with Crippen LogP contribution in [0.25, 0.3) is 0 Å². The second-order valence-electron chi connectivity index (χ2n) is 7.72. The summed E-state index contributed by atoms with van der Waals surface area (Å²) in [5.41, 5.74) is 3.25. The lowest BCUT2D eigenvalue weighted by Crippen LogP contribution is -2.35. The highest BCUT2D eigenvalue weighted by atomic mass is 19.4. The molecule has 164 valence electrons. The van der Waals surface area contributed by atoms with Crippen molar-refractivity contribution in [3.05, 3.63) is 64.6 Å². The molecule has 0 saturated carbocycles. The number of nitrogens with zero attached hydrogens (tertiary/aromatic N) is 4. The van der Waals surface area contributed by atoms with Gasteiger partial charge < -0.3 is 10.6 Å². The summed E-state index contributed by atoms with van der Waals surface area (Å²) in [5.74, 6) is -0.371. The highest BCUT2D eigenvalue weighted by Crippen LogP contribution is 2.43. The molecule has 7 nitrogen and oxygen atoms in total. The Kier molecular flexibility index (Phi) is 5.24. The summed E-state index contributed by atoms with van der Waals surface area (Å²) in [6.45, 7) is 3.94. The molecular weight excluding hydrogens is 409 g/mol. The Hall–Kier alpha value is -3.30. The van der Waals surface area contributed by atoms with Crippen molar-refractivity contribution in [1.82, 2.24) is 24.9 Å². The number of carbonyl (C=O) groups excluding carboxylic acids is 1. The van der Waals surface area contributed by atoms with E-state index in [1.54, 1.807) is 28.9 Å². The van der Waals surface area contributed by atoms with E-state index in [9.17, 15) is 18.0 Å². The molecule has 31 heavy (non-hydrogen) atoms. The number of fused-ring (bicyclic) bond motifs is 1. The first kappa shape index (κ1) is 21.0. The summed E-state index contributed by atoms with van der Waals surface area (Å²) in [6, 6.07) is 7.96. The largest absolute Gasteiger partial charge is 0.410 e. The van der Waals surface area contributed by atoms with Gasteiger partial charge in [0.2, 0.25) is 0 Å². The number of aromatic nitrogens is 4. The summed E-state index contributed by atoms with van der Waals surface area (Å²) in [6.07, 6.45) is -4.70. The summed E-state index contributed by atoms with van der Waals surface area (Å²) in [7, 11) is 1.81.